The van der Waals surface area contributed by atoms with Gasteiger partial charge in [0.25, 0.3) is 0 Å². The molecule has 3 atom stereocenters. The summed E-state index contributed by atoms with van der Waals surface area (Å²) in [5, 5.41) is 2.82. The minimum atomic E-state index is -1.96. The maximum absolute atomic E-state index is 12.6. The van der Waals surface area contributed by atoms with Gasteiger partial charge in [0.15, 0.2) is 0 Å². The molecule has 0 saturated carbocycles. The van der Waals surface area contributed by atoms with E-state index in [0.717, 1.165) is 10.8 Å². The van der Waals surface area contributed by atoms with Crippen LogP contribution >= 0.6 is 11.8 Å². The Morgan fingerprint density at radius 2 is 2.17 bits per heavy atom. The number of amides is 1. The summed E-state index contributed by atoms with van der Waals surface area (Å²) in [4.78, 5) is 36.2. The van der Waals surface area contributed by atoms with Crippen LogP contribution in [0.1, 0.15) is 46.8 Å². The van der Waals surface area contributed by atoms with Crippen LogP contribution in [0.3, 0.4) is 0 Å². The third-order valence-electron chi connectivity index (χ3n) is 6.36. The van der Waals surface area contributed by atoms with Crippen molar-refractivity contribution >= 4 is 41.1 Å². The van der Waals surface area contributed by atoms with Crippen molar-refractivity contribution < 1.29 is 39.9 Å². The van der Waals surface area contributed by atoms with Gasteiger partial charge in [-0.15, -0.1) is 0 Å². The second-order valence-corrected chi connectivity index (χ2v) is 18.5. The SMILES string of the molecule is CCC[I-]C(=O)Nc1nc2c(ncn2[C@@H]2C[C@H](OCSC)[C@H](CO[Si](C)(C)C(C)(C)C)O2)c(=O)[nH]1. The number of rotatable bonds is 11. The molecule has 0 spiro atoms. The molecule has 2 aromatic rings. The molecule has 1 saturated heterocycles. The molecule has 0 radical (unpaired) electrons. The molecule has 10 nitrogen and oxygen atoms in total. The molecule has 1 amide bonds. The van der Waals surface area contributed by atoms with Crippen LogP contribution in [-0.4, -0.2) is 67.2 Å². The Morgan fingerprint density at radius 1 is 1.43 bits per heavy atom. The number of nitrogens with one attached hydrogen (secondary N) is 2. The summed E-state index contributed by atoms with van der Waals surface area (Å²) < 4.78 is 21.5. The van der Waals surface area contributed by atoms with Crippen LogP contribution in [0, 0.1) is 0 Å². The molecule has 0 aromatic carbocycles. The van der Waals surface area contributed by atoms with Crippen molar-refractivity contribution in [2.24, 2.45) is 0 Å². The van der Waals surface area contributed by atoms with Crippen LogP contribution < -0.4 is 32.1 Å². The number of hydrogen-bond donors (Lipinski definition) is 2. The zero-order valence-corrected chi connectivity index (χ0v) is 25.5. The number of carbonyl (C=O) groups is 1. The predicted octanol–water partition coefficient (Wildman–Crippen LogP) is 1.17. The summed E-state index contributed by atoms with van der Waals surface area (Å²) >= 11 is 0.957. The molecule has 3 heterocycles. The Bertz CT molecular complexity index is 1070. The minimum absolute atomic E-state index is 0.0790. The first-order valence-corrected chi connectivity index (χ1v) is 18.6. The zero-order chi connectivity index (χ0) is 25.8. The van der Waals surface area contributed by atoms with Gasteiger partial charge < -0.3 is 0 Å². The van der Waals surface area contributed by atoms with E-state index in [4.69, 9.17) is 13.9 Å². The number of H-pyrrole nitrogens is 1. The Kier molecular flexibility index (Phi) is 9.82. The molecule has 13 heteroatoms. The monoisotopic (exact) mass is 638 g/mol. The average Bonchev–Trinajstić information content (AvgIpc) is 3.38. The molecule has 3 rings (SSSR count). The van der Waals surface area contributed by atoms with E-state index in [2.05, 4.69) is 54.1 Å². The van der Waals surface area contributed by atoms with E-state index < -0.39 is 41.3 Å². The van der Waals surface area contributed by atoms with Crippen LogP contribution in [0.5, 0.6) is 0 Å². The van der Waals surface area contributed by atoms with Crippen molar-refractivity contribution in [2.45, 2.75) is 77.1 Å². The summed E-state index contributed by atoms with van der Waals surface area (Å²) in [7, 11) is -1.96. The van der Waals surface area contributed by atoms with Gasteiger partial charge in [0.1, 0.15) is 0 Å². The van der Waals surface area contributed by atoms with Crippen LogP contribution in [0.4, 0.5) is 10.7 Å². The number of nitrogens with zero attached hydrogens (tertiary/aromatic N) is 3. The number of alkyl halides is 1. The third kappa shape index (κ3) is 7.06. The van der Waals surface area contributed by atoms with E-state index in [0.29, 0.717) is 24.6 Å². The number of anilines is 1. The number of aromatic nitrogens is 4. The topological polar surface area (TPSA) is 120 Å². The van der Waals surface area contributed by atoms with Gasteiger partial charge in [-0.3, -0.25) is 0 Å². The molecule has 0 bridgehead atoms. The van der Waals surface area contributed by atoms with Gasteiger partial charge in [0.05, 0.1) is 0 Å². The Hall–Kier alpha value is -1.00. The molecule has 1 aliphatic rings. The molecule has 0 aliphatic carbocycles. The summed E-state index contributed by atoms with van der Waals surface area (Å²) in [5.41, 5.74) is 0.179. The number of thioether (sulfide) groups is 1. The normalized spacial score (nSPS) is 21.2. The fourth-order valence-electron chi connectivity index (χ4n) is 3.36. The molecule has 198 valence electrons. The van der Waals surface area contributed by atoms with Gasteiger partial charge in [0.2, 0.25) is 0 Å². The van der Waals surface area contributed by atoms with Gasteiger partial charge in [-0.2, -0.15) is 0 Å². The van der Waals surface area contributed by atoms with Crippen molar-refractivity contribution in [2.75, 3.05) is 28.5 Å². The van der Waals surface area contributed by atoms with Crippen LogP contribution in [0.25, 0.3) is 11.2 Å². The molecule has 2 aromatic heterocycles. The summed E-state index contributed by atoms with van der Waals surface area (Å²) in [6.07, 6.45) is 4.27. The summed E-state index contributed by atoms with van der Waals surface area (Å²) in [5.74, 6) is 0.688. The quantitative estimate of drug-likeness (QED) is 0.0941. The Balaban J connectivity index is 1.82. The van der Waals surface area contributed by atoms with Crippen molar-refractivity contribution in [1.29, 1.82) is 0 Å². The second-order valence-electron chi connectivity index (χ2n) is 10.0. The number of halogens is 1. The second kappa shape index (κ2) is 12.0. The summed E-state index contributed by atoms with van der Waals surface area (Å²) in [6.45, 7) is 13.5. The Morgan fingerprint density at radius 3 is 2.83 bits per heavy atom. The van der Waals surface area contributed by atoms with Gasteiger partial charge in [-0.1, -0.05) is 20.8 Å². The van der Waals surface area contributed by atoms with E-state index in [1.807, 2.05) is 13.2 Å². The van der Waals surface area contributed by atoms with E-state index in [-0.39, 0.29) is 32.6 Å². The first kappa shape index (κ1) is 28.6. The van der Waals surface area contributed by atoms with Gasteiger partial charge in [-0.25, -0.2) is 0 Å². The van der Waals surface area contributed by atoms with Crippen molar-refractivity contribution in [3.63, 3.8) is 0 Å². The number of hydrogen-bond acceptors (Lipinski definition) is 8. The maximum atomic E-state index is 12.6. The van der Waals surface area contributed by atoms with Crippen LogP contribution in [0.2, 0.25) is 18.1 Å². The number of aromatic amines is 1. The van der Waals surface area contributed by atoms with E-state index >= 15 is 0 Å². The van der Waals surface area contributed by atoms with Crippen molar-refractivity contribution in [3.8, 4) is 0 Å². The van der Waals surface area contributed by atoms with Crippen LogP contribution in [0.15, 0.2) is 11.1 Å². The average molecular weight is 639 g/mol. The van der Waals surface area contributed by atoms with Gasteiger partial charge >= 0.3 is 178 Å². The first-order valence-electron chi connectivity index (χ1n) is 11.7. The molecular formula is C22H37IN5O5SSi-. The van der Waals surface area contributed by atoms with Crippen LogP contribution in [-0.2, 0) is 13.9 Å². The molecule has 1 aliphatic heterocycles. The van der Waals surface area contributed by atoms with Crippen molar-refractivity contribution in [3.05, 3.63) is 16.7 Å². The first-order chi connectivity index (χ1) is 16.5. The zero-order valence-electron chi connectivity index (χ0n) is 21.5. The standard InChI is InChI=1S/C22H37IN5O5SSi/c1-8-9-23-20(30)27-21-25-18-17(19(29)26-21)24-12-28(18)16-10-14(31-13-34-5)15(33-16)11-32-35(6,7)22(2,3)4/h12,14-16H,8-11,13H2,1-7H3,(H2,25,26,27,29,30)/q-1/t14-,15-,16-/m0/s1. The fourth-order valence-corrected chi connectivity index (χ4v) is 6.16. The molecular weight excluding hydrogens is 601 g/mol. The summed E-state index contributed by atoms with van der Waals surface area (Å²) in [6, 6.07) is 0. The number of carbonyl (C=O) groups excluding carboxylic acids is 1. The number of imidazole rings is 1. The fraction of sp³-hybridized carbons (Fsp3) is 0.727. The number of ether oxygens (including phenoxy) is 2. The Labute approximate surface area is 222 Å². The van der Waals surface area contributed by atoms with Gasteiger partial charge in [0, 0.05) is 0 Å². The molecule has 35 heavy (non-hydrogen) atoms. The van der Waals surface area contributed by atoms with E-state index in [1.54, 1.807) is 22.7 Å². The molecule has 1 fully saturated rings. The third-order valence-corrected chi connectivity index (χ3v) is 13.8. The predicted molar refractivity (Wildman–Crippen MR) is 137 cm³/mol. The molecule has 2 N–H and O–H groups in total. The molecule has 0 unspecified atom stereocenters. The van der Waals surface area contributed by atoms with E-state index in [1.165, 1.54) is 0 Å². The van der Waals surface area contributed by atoms with E-state index in [9.17, 15) is 9.59 Å². The van der Waals surface area contributed by atoms with Crippen molar-refractivity contribution in [1.82, 2.24) is 19.5 Å². The van der Waals surface area contributed by atoms with Gasteiger partial charge in [-0.05, 0) is 24.4 Å². The number of fused-ring (bicyclic) bond motifs is 1.